The van der Waals surface area contributed by atoms with E-state index in [1.165, 1.54) is 7.11 Å². The van der Waals surface area contributed by atoms with Crippen LogP contribution < -0.4 is 11.5 Å². The SMILES string of the molecule is CON=C(CC(=O)N=C(N)Cc1cc(Cl)c(N)c(Cl)c1)c1ccccc1. The van der Waals surface area contributed by atoms with E-state index in [1.807, 2.05) is 30.3 Å². The first kappa shape index (κ1) is 19.8. The highest BCUT2D eigenvalue weighted by molar-refractivity contribution is 6.39. The molecule has 136 valence electrons. The Balaban J connectivity index is 2.10. The van der Waals surface area contributed by atoms with Gasteiger partial charge in [-0.05, 0) is 23.3 Å². The molecule has 26 heavy (non-hydrogen) atoms. The van der Waals surface area contributed by atoms with E-state index in [0.29, 0.717) is 27.0 Å². The standard InChI is InChI=1S/C18H18Cl2N4O2/c1-26-24-15(12-5-3-2-4-6-12)10-17(25)23-16(21)9-11-7-13(19)18(22)14(20)8-11/h2-8H,9-10,22H2,1H3,(H2,21,23,25). The van der Waals surface area contributed by atoms with E-state index in [4.69, 9.17) is 39.5 Å². The zero-order chi connectivity index (χ0) is 19.1. The quantitative estimate of drug-likeness (QED) is 0.340. The summed E-state index contributed by atoms with van der Waals surface area (Å²) in [7, 11) is 1.42. The first-order chi connectivity index (χ1) is 12.4. The van der Waals surface area contributed by atoms with Crippen LogP contribution in [0.4, 0.5) is 5.69 Å². The summed E-state index contributed by atoms with van der Waals surface area (Å²) in [5.41, 5.74) is 13.8. The van der Waals surface area contributed by atoms with Gasteiger partial charge in [0.05, 0.1) is 27.9 Å². The lowest BCUT2D eigenvalue weighted by Crippen LogP contribution is -2.19. The van der Waals surface area contributed by atoms with Crippen LogP contribution in [0.25, 0.3) is 0 Å². The molecule has 1 amide bonds. The fourth-order valence-electron chi connectivity index (χ4n) is 2.26. The molecule has 6 nitrogen and oxygen atoms in total. The van der Waals surface area contributed by atoms with Crippen molar-refractivity contribution in [1.82, 2.24) is 0 Å². The monoisotopic (exact) mass is 392 g/mol. The number of amidine groups is 1. The molecular weight excluding hydrogens is 375 g/mol. The third kappa shape index (κ3) is 5.47. The highest BCUT2D eigenvalue weighted by Crippen LogP contribution is 2.28. The molecule has 0 aliphatic carbocycles. The second-order valence-electron chi connectivity index (χ2n) is 5.41. The molecule has 2 aromatic rings. The summed E-state index contributed by atoms with van der Waals surface area (Å²) in [6.45, 7) is 0. The lowest BCUT2D eigenvalue weighted by atomic mass is 10.1. The van der Waals surface area contributed by atoms with Crippen LogP contribution in [-0.4, -0.2) is 24.6 Å². The molecule has 2 aromatic carbocycles. The maximum atomic E-state index is 12.2. The summed E-state index contributed by atoms with van der Waals surface area (Å²) >= 11 is 12.0. The van der Waals surface area contributed by atoms with Crippen molar-refractivity contribution in [2.45, 2.75) is 12.8 Å². The largest absolute Gasteiger partial charge is 0.399 e. The zero-order valence-electron chi connectivity index (χ0n) is 14.1. The maximum absolute atomic E-state index is 12.2. The molecular formula is C18H18Cl2N4O2. The summed E-state index contributed by atoms with van der Waals surface area (Å²) < 4.78 is 0. The molecule has 0 unspecified atom stereocenters. The highest BCUT2D eigenvalue weighted by atomic mass is 35.5. The number of halogens is 2. The molecule has 8 heteroatoms. The molecule has 0 saturated heterocycles. The van der Waals surface area contributed by atoms with Gasteiger partial charge >= 0.3 is 0 Å². The number of oxime groups is 1. The van der Waals surface area contributed by atoms with Crippen molar-refractivity contribution in [3.63, 3.8) is 0 Å². The molecule has 0 atom stereocenters. The molecule has 0 fully saturated rings. The predicted molar refractivity (Wildman–Crippen MR) is 106 cm³/mol. The summed E-state index contributed by atoms with van der Waals surface area (Å²) in [6.07, 6.45) is 0.176. The third-order valence-electron chi connectivity index (χ3n) is 3.42. The predicted octanol–water partition coefficient (Wildman–Crippen LogP) is 3.44. The smallest absolute Gasteiger partial charge is 0.253 e. The number of amides is 1. The van der Waals surface area contributed by atoms with E-state index in [9.17, 15) is 4.79 Å². The van der Waals surface area contributed by atoms with E-state index in [0.717, 1.165) is 5.56 Å². The lowest BCUT2D eigenvalue weighted by Gasteiger charge is -2.07. The normalized spacial score (nSPS) is 12.1. The molecule has 4 N–H and O–H groups in total. The lowest BCUT2D eigenvalue weighted by molar-refractivity contribution is -0.116. The molecule has 0 spiro atoms. The highest BCUT2D eigenvalue weighted by Gasteiger charge is 2.12. The van der Waals surface area contributed by atoms with Crippen LogP contribution in [-0.2, 0) is 16.1 Å². The fourth-order valence-corrected chi connectivity index (χ4v) is 2.79. The number of aliphatic imine (C=N–C) groups is 1. The Morgan fingerprint density at radius 2 is 1.77 bits per heavy atom. The van der Waals surface area contributed by atoms with E-state index < -0.39 is 5.91 Å². The van der Waals surface area contributed by atoms with Crippen LogP contribution in [0.1, 0.15) is 17.5 Å². The summed E-state index contributed by atoms with van der Waals surface area (Å²) in [6, 6.07) is 12.5. The minimum Gasteiger partial charge on any atom is -0.399 e. The Morgan fingerprint density at radius 1 is 1.15 bits per heavy atom. The topological polar surface area (TPSA) is 103 Å². The van der Waals surface area contributed by atoms with Gasteiger partial charge in [-0.3, -0.25) is 4.79 Å². The van der Waals surface area contributed by atoms with Gasteiger partial charge in [0, 0.05) is 6.42 Å². The number of hydrogen-bond acceptors (Lipinski definition) is 4. The zero-order valence-corrected chi connectivity index (χ0v) is 15.6. The third-order valence-corrected chi connectivity index (χ3v) is 4.04. The average Bonchev–Trinajstić information content (AvgIpc) is 2.59. The van der Waals surface area contributed by atoms with Gasteiger partial charge in [0.1, 0.15) is 12.9 Å². The molecule has 0 aromatic heterocycles. The van der Waals surface area contributed by atoms with Crippen molar-refractivity contribution in [2.24, 2.45) is 15.9 Å². The number of carbonyl (C=O) groups is 1. The van der Waals surface area contributed by atoms with Crippen LogP contribution in [0.15, 0.2) is 52.6 Å². The Bertz CT molecular complexity index is 829. The van der Waals surface area contributed by atoms with Crippen molar-refractivity contribution in [3.8, 4) is 0 Å². The molecule has 2 rings (SSSR count). The summed E-state index contributed by atoms with van der Waals surface area (Å²) in [4.78, 5) is 20.9. The Kier molecular flexibility index (Phi) is 7.00. The van der Waals surface area contributed by atoms with E-state index in [-0.39, 0.29) is 18.7 Å². The first-order valence-corrected chi connectivity index (χ1v) is 8.41. The molecule has 0 saturated carbocycles. The first-order valence-electron chi connectivity index (χ1n) is 7.65. The second kappa shape index (κ2) is 9.22. The van der Waals surface area contributed by atoms with Crippen molar-refractivity contribution in [2.75, 3.05) is 12.8 Å². The fraction of sp³-hybridized carbons (Fsp3) is 0.167. The van der Waals surface area contributed by atoms with Gasteiger partial charge in [-0.2, -0.15) is 0 Å². The number of anilines is 1. The van der Waals surface area contributed by atoms with Gasteiger partial charge in [-0.15, -0.1) is 0 Å². The minimum absolute atomic E-state index is 0.0399. The summed E-state index contributed by atoms with van der Waals surface area (Å²) in [5, 5.41) is 4.54. The molecule has 0 bridgehead atoms. The van der Waals surface area contributed by atoms with Crippen molar-refractivity contribution < 1.29 is 9.63 Å². The number of nitrogen functional groups attached to an aromatic ring is 1. The molecule has 0 aliphatic heterocycles. The van der Waals surface area contributed by atoms with Crippen LogP contribution >= 0.6 is 23.2 Å². The average molecular weight is 393 g/mol. The number of carbonyl (C=O) groups excluding carboxylic acids is 1. The summed E-state index contributed by atoms with van der Waals surface area (Å²) in [5.74, 6) is -0.300. The number of hydrogen-bond donors (Lipinski definition) is 2. The van der Waals surface area contributed by atoms with Crippen LogP contribution in [0.5, 0.6) is 0 Å². The molecule has 0 radical (unpaired) electrons. The van der Waals surface area contributed by atoms with Crippen LogP contribution in [0.2, 0.25) is 10.0 Å². The minimum atomic E-state index is -0.435. The van der Waals surface area contributed by atoms with Gasteiger partial charge in [0.2, 0.25) is 0 Å². The van der Waals surface area contributed by atoms with Gasteiger partial charge in [0.25, 0.3) is 5.91 Å². The van der Waals surface area contributed by atoms with Crippen molar-refractivity contribution in [3.05, 3.63) is 63.6 Å². The number of benzene rings is 2. The van der Waals surface area contributed by atoms with Crippen LogP contribution in [0.3, 0.4) is 0 Å². The van der Waals surface area contributed by atoms with Gasteiger partial charge < -0.3 is 16.3 Å². The molecule has 0 heterocycles. The molecule has 0 aliphatic rings. The van der Waals surface area contributed by atoms with E-state index in [1.54, 1.807) is 12.1 Å². The van der Waals surface area contributed by atoms with Gasteiger partial charge in [-0.1, -0.05) is 58.7 Å². The van der Waals surface area contributed by atoms with E-state index in [2.05, 4.69) is 10.1 Å². The van der Waals surface area contributed by atoms with Crippen LogP contribution in [0, 0.1) is 0 Å². The van der Waals surface area contributed by atoms with Crippen molar-refractivity contribution >= 4 is 46.3 Å². The van der Waals surface area contributed by atoms with Gasteiger partial charge in [-0.25, -0.2) is 4.99 Å². The Morgan fingerprint density at radius 3 is 2.35 bits per heavy atom. The van der Waals surface area contributed by atoms with Gasteiger partial charge in [0.15, 0.2) is 0 Å². The number of rotatable bonds is 6. The number of nitrogens with two attached hydrogens (primary N) is 2. The van der Waals surface area contributed by atoms with Crippen molar-refractivity contribution in [1.29, 1.82) is 0 Å². The number of nitrogens with zero attached hydrogens (tertiary/aromatic N) is 2. The Labute approximate surface area is 161 Å². The van der Waals surface area contributed by atoms with E-state index >= 15 is 0 Å². The second-order valence-corrected chi connectivity index (χ2v) is 6.22. The maximum Gasteiger partial charge on any atom is 0.253 e. The Hall–Kier alpha value is -2.57.